The highest BCUT2D eigenvalue weighted by Crippen LogP contribution is 2.30. The predicted octanol–water partition coefficient (Wildman–Crippen LogP) is 4.68. The molecule has 1 nitrogen and oxygen atoms in total. The quantitative estimate of drug-likeness (QED) is 0.784. The maximum Gasteiger partial charge on any atom is 0.124 e. The third kappa shape index (κ3) is 4.94. The van der Waals surface area contributed by atoms with E-state index in [1.165, 1.54) is 37.8 Å². The molecule has 1 aliphatic carbocycles. The molecule has 0 spiro atoms. The van der Waals surface area contributed by atoms with Gasteiger partial charge in [-0.05, 0) is 43.5 Å². The van der Waals surface area contributed by atoms with E-state index >= 15 is 0 Å². The first-order valence-electron chi connectivity index (χ1n) is 7.48. The van der Waals surface area contributed by atoms with Crippen LogP contribution in [-0.4, -0.2) is 23.6 Å². The Kier molecular flexibility index (Phi) is 6.66. The number of benzene rings is 1. The van der Waals surface area contributed by atoms with Crippen LogP contribution in [0.1, 0.15) is 38.2 Å². The second-order valence-electron chi connectivity index (χ2n) is 5.43. The van der Waals surface area contributed by atoms with Crippen molar-refractivity contribution in [2.45, 2.75) is 50.3 Å². The molecule has 2 rings (SSSR count). The molecule has 112 valence electrons. The molecule has 1 N–H and O–H groups in total. The summed E-state index contributed by atoms with van der Waals surface area (Å²) in [5.41, 5.74) is 1.03. The molecule has 0 aromatic heterocycles. The third-order valence-corrected chi connectivity index (χ3v) is 5.70. The van der Waals surface area contributed by atoms with Gasteiger partial charge in [0.05, 0.1) is 0 Å². The Morgan fingerprint density at radius 3 is 2.80 bits per heavy atom. The van der Waals surface area contributed by atoms with Gasteiger partial charge in [-0.3, -0.25) is 0 Å². The lowest BCUT2D eigenvalue weighted by Crippen LogP contribution is -2.33. The average molecular weight is 316 g/mol. The van der Waals surface area contributed by atoms with Crippen molar-refractivity contribution in [3.8, 4) is 0 Å². The Morgan fingerprint density at radius 2 is 2.15 bits per heavy atom. The molecule has 0 amide bonds. The summed E-state index contributed by atoms with van der Waals surface area (Å²) in [6.07, 6.45) is 6.36. The lowest BCUT2D eigenvalue weighted by Gasteiger charge is -2.20. The smallest absolute Gasteiger partial charge is 0.124 e. The summed E-state index contributed by atoms with van der Waals surface area (Å²) in [7, 11) is 0. The molecule has 0 saturated heterocycles. The summed E-state index contributed by atoms with van der Waals surface area (Å²) in [4.78, 5) is 0. The van der Waals surface area contributed by atoms with Crippen molar-refractivity contribution in [1.29, 1.82) is 0 Å². The second-order valence-corrected chi connectivity index (χ2v) is 7.17. The van der Waals surface area contributed by atoms with Crippen molar-refractivity contribution < 1.29 is 4.39 Å². The molecule has 4 heteroatoms. The van der Waals surface area contributed by atoms with Gasteiger partial charge >= 0.3 is 0 Å². The number of halogens is 2. The van der Waals surface area contributed by atoms with E-state index in [0.717, 1.165) is 29.5 Å². The lowest BCUT2D eigenvalue weighted by molar-refractivity contribution is 0.570. The molecule has 0 bridgehead atoms. The van der Waals surface area contributed by atoms with Gasteiger partial charge < -0.3 is 5.32 Å². The number of rotatable bonds is 7. The van der Waals surface area contributed by atoms with Crippen LogP contribution in [0.5, 0.6) is 0 Å². The van der Waals surface area contributed by atoms with E-state index in [-0.39, 0.29) is 5.82 Å². The minimum atomic E-state index is -0.265. The lowest BCUT2D eigenvalue weighted by atomic mass is 10.1. The SMILES string of the molecule is CCNC(CSC1CCCC1)Cc1ccc(F)cc1Cl. The van der Waals surface area contributed by atoms with Gasteiger partial charge in [0, 0.05) is 22.1 Å². The summed E-state index contributed by atoms with van der Waals surface area (Å²) in [6, 6.07) is 5.12. The maximum absolute atomic E-state index is 13.1. The summed E-state index contributed by atoms with van der Waals surface area (Å²) >= 11 is 8.21. The monoisotopic (exact) mass is 315 g/mol. The molecule has 1 fully saturated rings. The number of thioether (sulfide) groups is 1. The molecule has 20 heavy (non-hydrogen) atoms. The van der Waals surface area contributed by atoms with Gasteiger partial charge in [0.1, 0.15) is 5.82 Å². The first kappa shape index (κ1) is 16.1. The molecule has 1 aromatic carbocycles. The van der Waals surface area contributed by atoms with Crippen molar-refractivity contribution in [3.05, 3.63) is 34.6 Å². The molecule has 1 saturated carbocycles. The fourth-order valence-corrected chi connectivity index (χ4v) is 4.39. The number of nitrogens with one attached hydrogen (secondary N) is 1. The molecule has 0 aliphatic heterocycles. The summed E-state index contributed by atoms with van der Waals surface area (Å²) in [5, 5.41) is 4.90. The normalized spacial score (nSPS) is 17.6. The van der Waals surface area contributed by atoms with Gasteiger partial charge in [-0.1, -0.05) is 37.4 Å². The highest BCUT2D eigenvalue weighted by Gasteiger charge is 2.18. The Labute approximate surface area is 130 Å². The zero-order chi connectivity index (χ0) is 14.4. The van der Waals surface area contributed by atoms with Crippen molar-refractivity contribution in [2.24, 2.45) is 0 Å². The predicted molar refractivity (Wildman–Crippen MR) is 87.3 cm³/mol. The average Bonchev–Trinajstić information content (AvgIpc) is 2.92. The van der Waals surface area contributed by atoms with E-state index in [9.17, 15) is 4.39 Å². The Bertz CT molecular complexity index is 421. The standard InChI is InChI=1S/C16H23ClFNS/c1-2-19-14(11-20-15-5-3-4-6-15)9-12-7-8-13(18)10-16(12)17/h7-8,10,14-15,19H,2-6,9,11H2,1H3. The second kappa shape index (κ2) is 8.26. The van der Waals surface area contributed by atoms with Crippen LogP contribution in [0.15, 0.2) is 18.2 Å². The molecule has 1 aromatic rings. The Hall–Kier alpha value is -0.250. The van der Waals surface area contributed by atoms with Crippen LogP contribution in [0.3, 0.4) is 0 Å². The van der Waals surface area contributed by atoms with Crippen LogP contribution in [0.4, 0.5) is 4.39 Å². The molecule has 1 atom stereocenters. The Morgan fingerprint density at radius 1 is 1.40 bits per heavy atom. The van der Waals surface area contributed by atoms with E-state index in [1.54, 1.807) is 0 Å². The zero-order valence-electron chi connectivity index (χ0n) is 12.0. The molecule has 0 radical (unpaired) electrons. The fourth-order valence-electron chi connectivity index (χ4n) is 2.74. The summed E-state index contributed by atoms with van der Waals surface area (Å²) < 4.78 is 13.1. The van der Waals surface area contributed by atoms with Gasteiger partial charge in [-0.15, -0.1) is 0 Å². The first-order valence-corrected chi connectivity index (χ1v) is 8.90. The van der Waals surface area contributed by atoms with Crippen molar-refractivity contribution >= 4 is 23.4 Å². The summed E-state index contributed by atoms with van der Waals surface area (Å²) in [5.74, 6) is 0.839. The van der Waals surface area contributed by atoms with E-state index in [2.05, 4.69) is 24.0 Å². The highest BCUT2D eigenvalue weighted by atomic mass is 35.5. The third-order valence-electron chi connectivity index (χ3n) is 3.81. The van der Waals surface area contributed by atoms with Gasteiger partial charge in [-0.25, -0.2) is 4.39 Å². The number of hydrogen-bond donors (Lipinski definition) is 1. The van der Waals surface area contributed by atoms with Crippen LogP contribution >= 0.6 is 23.4 Å². The maximum atomic E-state index is 13.1. The largest absolute Gasteiger partial charge is 0.313 e. The van der Waals surface area contributed by atoms with E-state index in [4.69, 9.17) is 11.6 Å². The van der Waals surface area contributed by atoms with Crippen LogP contribution in [0.25, 0.3) is 0 Å². The number of hydrogen-bond acceptors (Lipinski definition) is 2. The van der Waals surface area contributed by atoms with Gasteiger partial charge in [0.15, 0.2) is 0 Å². The topological polar surface area (TPSA) is 12.0 Å². The van der Waals surface area contributed by atoms with Crippen LogP contribution in [0.2, 0.25) is 5.02 Å². The van der Waals surface area contributed by atoms with Crippen LogP contribution in [-0.2, 0) is 6.42 Å². The first-order chi connectivity index (χ1) is 9.69. The minimum absolute atomic E-state index is 0.265. The highest BCUT2D eigenvalue weighted by molar-refractivity contribution is 7.99. The van der Waals surface area contributed by atoms with Crippen molar-refractivity contribution in [2.75, 3.05) is 12.3 Å². The van der Waals surface area contributed by atoms with E-state index in [1.807, 2.05) is 6.07 Å². The van der Waals surface area contributed by atoms with E-state index < -0.39 is 0 Å². The molecule has 1 unspecified atom stereocenters. The summed E-state index contributed by atoms with van der Waals surface area (Å²) in [6.45, 7) is 3.08. The zero-order valence-corrected chi connectivity index (χ0v) is 13.6. The fraction of sp³-hybridized carbons (Fsp3) is 0.625. The van der Waals surface area contributed by atoms with Crippen LogP contribution < -0.4 is 5.32 Å². The molecular weight excluding hydrogens is 293 g/mol. The molecular formula is C16H23ClFNS. The van der Waals surface area contributed by atoms with Gasteiger partial charge in [0.2, 0.25) is 0 Å². The van der Waals surface area contributed by atoms with Crippen molar-refractivity contribution in [3.63, 3.8) is 0 Å². The minimum Gasteiger partial charge on any atom is -0.313 e. The van der Waals surface area contributed by atoms with E-state index in [0.29, 0.717) is 11.1 Å². The molecule has 1 aliphatic rings. The van der Waals surface area contributed by atoms with Gasteiger partial charge in [-0.2, -0.15) is 11.8 Å². The van der Waals surface area contributed by atoms with Gasteiger partial charge in [0.25, 0.3) is 0 Å². The number of likely N-dealkylation sites (N-methyl/N-ethyl adjacent to an activating group) is 1. The van der Waals surface area contributed by atoms with Crippen molar-refractivity contribution in [1.82, 2.24) is 5.32 Å². The molecule has 0 heterocycles. The van der Waals surface area contributed by atoms with Crippen LogP contribution in [0, 0.1) is 5.82 Å². The Balaban J connectivity index is 1.90.